The minimum absolute atomic E-state index is 0.0226. The second kappa shape index (κ2) is 6.61. The summed E-state index contributed by atoms with van der Waals surface area (Å²) in [5, 5.41) is 18.5. The van der Waals surface area contributed by atoms with Crippen molar-refractivity contribution < 1.29 is 14.9 Å². The van der Waals surface area contributed by atoms with E-state index in [1.54, 1.807) is 18.9 Å². The van der Waals surface area contributed by atoms with Gasteiger partial charge in [-0.3, -0.25) is 0 Å². The molecule has 1 aliphatic carbocycles. The third-order valence-corrected chi connectivity index (χ3v) is 5.06. The number of fused-ring (bicyclic) bond motifs is 1. The van der Waals surface area contributed by atoms with Crippen LogP contribution in [0.4, 0.5) is 0 Å². The molecule has 0 aliphatic heterocycles. The van der Waals surface area contributed by atoms with Crippen LogP contribution < -0.4 is 10.5 Å². The number of methoxy groups -OCH3 is 1. The number of rotatable bonds is 5. The summed E-state index contributed by atoms with van der Waals surface area (Å²) in [6, 6.07) is 6.01. The molecule has 0 saturated heterocycles. The Morgan fingerprint density at radius 2 is 2.32 bits per heavy atom. The van der Waals surface area contributed by atoms with Crippen LogP contribution in [0.5, 0.6) is 5.75 Å². The molecule has 1 aromatic carbocycles. The lowest BCUT2D eigenvalue weighted by atomic mass is 9.87. The average molecular weight is 283 g/mol. The lowest BCUT2D eigenvalue weighted by molar-refractivity contribution is 0.113. The van der Waals surface area contributed by atoms with Crippen molar-refractivity contribution in [2.75, 3.05) is 19.5 Å². The van der Waals surface area contributed by atoms with Crippen LogP contribution in [-0.4, -0.2) is 41.0 Å². The molecule has 4 nitrogen and oxygen atoms in total. The molecule has 2 rings (SSSR count). The summed E-state index contributed by atoms with van der Waals surface area (Å²) in [7, 11) is 1.67. The second-order valence-corrected chi connectivity index (χ2v) is 6.11. The van der Waals surface area contributed by atoms with E-state index in [4.69, 9.17) is 15.6 Å². The van der Waals surface area contributed by atoms with E-state index in [9.17, 15) is 5.11 Å². The van der Waals surface area contributed by atoms with Gasteiger partial charge in [0, 0.05) is 17.0 Å². The fourth-order valence-electron chi connectivity index (χ4n) is 2.40. The highest BCUT2D eigenvalue weighted by atomic mass is 32.2. The Hall–Kier alpha value is -0.750. The molecule has 3 atom stereocenters. The van der Waals surface area contributed by atoms with Gasteiger partial charge >= 0.3 is 0 Å². The molecular formula is C14H21NO3S. The molecule has 0 amide bonds. The number of benzene rings is 1. The first-order valence-electron chi connectivity index (χ1n) is 6.48. The molecule has 0 heterocycles. The highest BCUT2D eigenvalue weighted by Gasteiger charge is 2.27. The predicted octanol–water partition coefficient (Wildman–Crippen LogP) is 1.10. The summed E-state index contributed by atoms with van der Waals surface area (Å²) in [5.74, 6) is 1.40. The van der Waals surface area contributed by atoms with E-state index in [0.29, 0.717) is 11.0 Å². The van der Waals surface area contributed by atoms with Gasteiger partial charge in [-0.15, -0.1) is 0 Å². The van der Waals surface area contributed by atoms with Crippen LogP contribution in [0.15, 0.2) is 18.2 Å². The summed E-state index contributed by atoms with van der Waals surface area (Å²) in [6.07, 6.45) is 1.31. The van der Waals surface area contributed by atoms with Crippen molar-refractivity contribution in [1.29, 1.82) is 0 Å². The van der Waals surface area contributed by atoms with Crippen LogP contribution in [0.25, 0.3) is 0 Å². The Balaban J connectivity index is 2.05. The number of aliphatic hydroxyl groups excluding tert-OH is 2. The summed E-state index contributed by atoms with van der Waals surface area (Å²) in [4.78, 5) is 0. The van der Waals surface area contributed by atoms with Gasteiger partial charge in [0.1, 0.15) is 5.75 Å². The number of hydrogen-bond acceptors (Lipinski definition) is 5. The van der Waals surface area contributed by atoms with Crippen LogP contribution in [0, 0.1) is 0 Å². The van der Waals surface area contributed by atoms with Gasteiger partial charge in [0.25, 0.3) is 0 Å². The van der Waals surface area contributed by atoms with Crippen LogP contribution >= 0.6 is 11.8 Å². The van der Waals surface area contributed by atoms with Crippen molar-refractivity contribution in [3.05, 3.63) is 29.3 Å². The second-order valence-electron chi connectivity index (χ2n) is 4.84. The van der Waals surface area contributed by atoms with Gasteiger partial charge in [0.15, 0.2) is 0 Å². The molecule has 1 aromatic rings. The highest BCUT2D eigenvalue weighted by molar-refractivity contribution is 8.00. The van der Waals surface area contributed by atoms with E-state index in [1.165, 1.54) is 11.1 Å². The topological polar surface area (TPSA) is 75.7 Å². The van der Waals surface area contributed by atoms with Crippen LogP contribution in [0.2, 0.25) is 0 Å². The zero-order valence-electron chi connectivity index (χ0n) is 11.1. The number of nitrogens with two attached hydrogens (primary N) is 1. The fourth-order valence-corrected chi connectivity index (χ4v) is 3.62. The molecule has 4 N–H and O–H groups in total. The number of aliphatic hydroxyl groups is 2. The zero-order valence-corrected chi connectivity index (χ0v) is 11.9. The van der Waals surface area contributed by atoms with Crippen LogP contribution in [-0.2, 0) is 6.42 Å². The largest absolute Gasteiger partial charge is 0.497 e. The summed E-state index contributed by atoms with van der Waals surface area (Å²) >= 11 is 1.65. The van der Waals surface area contributed by atoms with Crippen molar-refractivity contribution >= 4 is 11.8 Å². The third kappa shape index (κ3) is 3.42. The molecule has 5 heteroatoms. The first-order valence-corrected chi connectivity index (χ1v) is 7.53. The summed E-state index contributed by atoms with van der Waals surface area (Å²) in [6.45, 7) is -0.192. The maximum Gasteiger partial charge on any atom is 0.119 e. The van der Waals surface area contributed by atoms with E-state index >= 15 is 0 Å². The molecule has 0 bridgehead atoms. The maximum atomic E-state index is 9.41. The van der Waals surface area contributed by atoms with Crippen molar-refractivity contribution in [3.63, 3.8) is 0 Å². The van der Waals surface area contributed by atoms with Gasteiger partial charge in [0.05, 0.1) is 19.8 Å². The lowest BCUT2D eigenvalue weighted by Gasteiger charge is -2.31. The van der Waals surface area contributed by atoms with Gasteiger partial charge < -0.3 is 20.7 Å². The van der Waals surface area contributed by atoms with Gasteiger partial charge in [-0.2, -0.15) is 11.8 Å². The smallest absolute Gasteiger partial charge is 0.119 e. The monoisotopic (exact) mass is 283 g/mol. The Morgan fingerprint density at radius 1 is 1.53 bits per heavy atom. The Kier molecular flexibility index (Phi) is 5.10. The quantitative estimate of drug-likeness (QED) is 0.754. The minimum atomic E-state index is -0.658. The molecule has 0 fully saturated rings. The predicted molar refractivity (Wildman–Crippen MR) is 77.6 cm³/mol. The third-order valence-electron chi connectivity index (χ3n) is 3.52. The fraction of sp³-hybridized carbons (Fsp3) is 0.571. The SMILES string of the molecule is COc1ccc2c(c1)CCC(SCC(O)CO)C2N. The van der Waals surface area contributed by atoms with E-state index in [-0.39, 0.29) is 12.6 Å². The van der Waals surface area contributed by atoms with Gasteiger partial charge in [-0.05, 0) is 36.1 Å². The summed E-state index contributed by atoms with van der Waals surface area (Å²) in [5.41, 5.74) is 8.73. The van der Waals surface area contributed by atoms with E-state index < -0.39 is 6.10 Å². The number of ether oxygens (including phenoxy) is 1. The van der Waals surface area contributed by atoms with Crippen molar-refractivity contribution in [1.82, 2.24) is 0 Å². The normalized spacial score (nSPS) is 23.8. The minimum Gasteiger partial charge on any atom is -0.497 e. The summed E-state index contributed by atoms with van der Waals surface area (Å²) < 4.78 is 5.23. The molecule has 1 aliphatic rings. The molecule has 106 valence electrons. The van der Waals surface area contributed by atoms with E-state index in [1.807, 2.05) is 12.1 Å². The Morgan fingerprint density at radius 3 is 3.00 bits per heavy atom. The van der Waals surface area contributed by atoms with Crippen molar-refractivity contribution in [2.45, 2.75) is 30.2 Å². The van der Waals surface area contributed by atoms with Crippen molar-refractivity contribution in [2.24, 2.45) is 5.73 Å². The number of aryl methyl sites for hydroxylation is 1. The maximum absolute atomic E-state index is 9.41. The standard InChI is InChI=1S/C14H21NO3S/c1-18-11-3-4-12-9(6-11)2-5-13(14(12)15)19-8-10(17)7-16/h3-4,6,10,13-14,16-17H,2,5,7-8,15H2,1H3. The van der Waals surface area contributed by atoms with Crippen molar-refractivity contribution in [3.8, 4) is 5.75 Å². The first kappa shape index (κ1) is 14.7. The van der Waals surface area contributed by atoms with Gasteiger partial charge in [-0.1, -0.05) is 6.07 Å². The molecule has 0 radical (unpaired) electrons. The molecule has 0 spiro atoms. The van der Waals surface area contributed by atoms with E-state index in [0.717, 1.165) is 18.6 Å². The molecular weight excluding hydrogens is 262 g/mol. The molecule has 19 heavy (non-hydrogen) atoms. The molecule has 0 aromatic heterocycles. The van der Waals surface area contributed by atoms with E-state index in [2.05, 4.69) is 6.07 Å². The van der Waals surface area contributed by atoms with Gasteiger partial charge in [0.2, 0.25) is 0 Å². The molecule has 0 saturated carbocycles. The Bertz CT molecular complexity index is 427. The average Bonchev–Trinajstić information content (AvgIpc) is 2.45. The number of hydrogen-bond donors (Lipinski definition) is 3. The highest BCUT2D eigenvalue weighted by Crippen LogP contribution is 2.37. The Labute approximate surface area is 118 Å². The van der Waals surface area contributed by atoms with Crippen LogP contribution in [0.1, 0.15) is 23.6 Å². The zero-order chi connectivity index (χ0) is 13.8. The lowest BCUT2D eigenvalue weighted by Crippen LogP contribution is -2.31. The first-order chi connectivity index (χ1) is 9.15. The van der Waals surface area contributed by atoms with Gasteiger partial charge in [-0.25, -0.2) is 0 Å². The van der Waals surface area contributed by atoms with Crippen LogP contribution in [0.3, 0.4) is 0 Å². The molecule has 3 unspecified atom stereocenters. The number of thioether (sulfide) groups is 1.